The van der Waals surface area contributed by atoms with E-state index in [1.807, 2.05) is 0 Å². The van der Waals surface area contributed by atoms with Gasteiger partial charge in [0.1, 0.15) is 5.82 Å². The highest BCUT2D eigenvalue weighted by molar-refractivity contribution is 6.43. The van der Waals surface area contributed by atoms with Crippen molar-refractivity contribution in [3.63, 3.8) is 0 Å². The minimum Gasteiger partial charge on any atom is -0.340 e. The van der Waals surface area contributed by atoms with Crippen LogP contribution in [0.25, 0.3) is 0 Å². The Bertz CT molecular complexity index is 635. The lowest BCUT2D eigenvalue weighted by Gasteiger charge is -2.34. The molecule has 2 fully saturated rings. The standard InChI is InChI=1S/C17H20FN3O3/c18-13-3-1-12(2-4-13)16(23)17(24)19-11-15(22)21-9-7-20(8-10-21)14-5-6-14/h1-4,14H,5-11H2,(H,19,24). The zero-order chi connectivity index (χ0) is 17.1. The Kier molecular flexibility index (Phi) is 4.89. The van der Waals surface area contributed by atoms with Crippen molar-refractivity contribution in [2.45, 2.75) is 18.9 Å². The fraction of sp³-hybridized carbons (Fsp3) is 0.471. The Hall–Kier alpha value is -2.28. The number of nitrogens with zero attached hydrogens (tertiary/aromatic N) is 2. The van der Waals surface area contributed by atoms with E-state index in [-0.39, 0.29) is 18.0 Å². The summed E-state index contributed by atoms with van der Waals surface area (Å²) in [5.41, 5.74) is 0.0967. The summed E-state index contributed by atoms with van der Waals surface area (Å²) >= 11 is 0. The molecule has 1 heterocycles. The quantitative estimate of drug-likeness (QED) is 0.627. The summed E-state index contributed by atoms with van der Waals surface area (Å²) in [5.74, 6) is -2.30. The number of hydrogen-bond donors (Lipinski definition) is 1. The SMILES string of the molecule is O=C(NCC(=O)N1CCN(C2CC2)CC1)C(=O)c1ccc(F)cc1. The monoisotopic (exact) mass is 333 g/mol. The van der Waals surface area contributed by atoms with Crippen molar-refractivity contribution in [2.24, 2.45) is 0 Å². The van der Waals surface area contributed by atoms with Gasteiger partial charge >= 0.3 is 0 Å². The summed E-state index contributed by atoms with van der Waals surface area (Å²) in [4.78, 5) is 40.0. The first kappa shape index (κ1) is 16.6. The molecule has 0 atom stereocenters. The van der Waals surface area contributed by atoms with Crippen LogP contribution in [0.5, 0.6) is 0 Å². The molecule has 1 aliphatic heterocycles. The first-order chi connectivity index (χ1) is 11.5. The summed E-state index contributed by atoms with van der Waals surface area (Å²) in [6, 6.07) is 5.41. The molecule has 3 rings (SSSR count). The van der Waals surface area contributed by atoms with Crippen molar-refractivity contribution in [1.29, 1.82) is 0 Å². The molecule has 0 spiro atoms. The van der Waals surface area contributed by atoms with Crippen molar-refractivity contribution in [2.75, 3.05) is 32.7 Å². The van der Waals surface area contributed by atoms with Crippen LogP contribution >= 0.6 is 0 Å². The molecule has 24 heavy (non-hydrogen) atoms. The molecule has 1 aromatic rings. The van der Waals surface area contributed by atoms with E-state index in [9.17, 15) is 18.8 Å². The number of Topliss-reactive ketones (excluding diaryl/α,β-unsaturated/α-hetero) is 1. The highest BCUT2D eigenvalue weighted by atomic mass is 19.1. The summed E-state index contributed by atoms with van der Waals surface area (Å²) in [6.45, 7) is 2.82. The summed E-state index contributed by atoms with van der Waals surface area (Å²) in [7, 11) is 0. The van der Waals surface area contributed by atoms with Gasteiger partial charge in [-0.15, -0.1) is 0 Å². The van der Waals surface area contributed by atoms with Gasteiger partial charge in [-0.05, 0) is 37.1 Å². The zero-order valence-electron chi connectivity index (χ0n) is 13.3. The Morgan fingerprint density at radius 1 is 1.04 bits per heavy atom. The van der Waals surface area contributed by atoms with Gasteiger partial charge in [0.05, 0.1) is 6.54 Å². The average Bonchev–Trinajstić information content (AvgIpc) is 3.44. The predicted molar refractivity (Wildman–Crippen MR) is 84.9 cm³/mol. The maximum Gasteiger partial charge on any atom is 0.292 e. The number of piperazine rings is 1. The number of carbonyl (C=O) groups is 3. The number of carbonyl (C=O) groups excluding carboxylic acids is 3. The Balaban J connectivity index is 1.44. The van der Waals surface area contributed by atoms with Crippen molar-refractivity contribution in [3.8, 4) is 0 Å². The van der Waals surface area contributed by atoms with Gasteiger partial charge in [0.2, 0.25) is 11.7 Å². The van der Waals surface area contributed by atoms with Crippen molar-refractivity contribution in [3.05, 3.63) is 35.6 Å². The number of rotatable bonds is 5. The largest absolute Gasteiger partial charge is 0.340 e. The fourth-order valence-corrected chi connectivity index (χ4v) is 2.86. The fourth-order valence-electron chi connectivity index (χ4n) is 2.86. The normalized spacial score (nSPS) is 18.3. The molecule has 0 bridgehead atoms. The molecule has 6 nitrogen and oxygen atoms in total. The zero-order valence-corrected chi connectivity index (χ0v) is 13.3. The number of hydrogen-bond acceptors (Lipinski definition) is 4. The lowest BCUT2D eigenvalue weighted by atomic mass is 10.1. The molecule has 1 aromatic carbocycles. The number of nitrogens with one attached hydrogen (secondary N) is 1. The number of halogens is 1. The number of ketones is 1. The second-order valence-electron chi connectivity index (χ2n) is 6.17. The van der Waals surface area contributed by atoms with Crippen LogP contribution in [0.4, 0.5) is 4.39 Å². The van der Waals surface area contributed by atoms with Crippen LogP contribution in [0.3, 0.4) is 0 Å². The molecule has 0 aromatic heterocycles. The molecule has 1 saturated carbocycles. The van der Waals surface area contributed by atoms with Crippen LogP contribution in [0.1, 0.15) is 23.2 Å². The molecular formula is C17H20FN3O3. The molecule has 2 aliphatic rings. The first-order valence-electron chi connectivity index (χ1n) is 8.14. The van der Waals surface area contributed by atoms with E-state index in [2.05, 4.69) is 10.2 Å². The summed E-state index contributed by atoms with van der Waals surface area (Å²) < 4.78 is 12.8. The molecule has 128 valence electrons. The minimum absolute atomic E-state index is 0.0967. The van der Waals surface area contributed by atoms with E-state index in [0.29, 0.717) is 19.1 Å². The maximum atomic E-state index is 12.8. The van der Waals surface area contributed by atoms with E-state index in [4.69, 9.17) is 0 Å². The van der Waals surface area contributed by atoms with Gasteiger partial charge in [0, 0.05) is 37.8 Å². The second kappa shape index (κ2) is 7.09. The lowest BCUT2D eigenvalue weighted by molar-refractivity contribution is -0.133. The lowest BCUT2D eigenvalue weighted by Crippen LogP contribution is -2.52. The van der Waals surface area contributed by atoms with Gasteiger partial charge in [-0.1, -0.05) is 0 Å². The van der Waals surface area contributed by atoms with Crippen LogP contribution in [-0.2, 0) is 9.59 Å². The summed E-state index contributed by atoms with van der Waals surface area (Å²) in [6.07, 6.45) is 2.49. The Morgan fingerprint density at radius 2 is 1.67 bits per heavy atom. The molecule has 1 N–H and O–H groups in total. The number of benzene rings is 1. The smallest absolute Gasteiger partial charge is 0.292 e. The average molecular weight is 333 g/mol. The number of amides is 2. The van der Waals surface area contributed by atoms with E-state index < -0.39 is 17.5 Å². The molecular weight excluding hydrogens is 313 g/mol. The first-order valence-corrected chi connectivity index (χ1v) is 8.14. The molecule has 7 heteroatoms. The van der Waals surface area contributed by atoms with Gasteiger partial charge in [0.25, 0.3) is 5.91 Å². The van der Waals surface area contributed by atoms with Crippen molar-refractivity contribution < 1.29 is 18.8 Å². The van der Waals surface area contributed by atoms with Gasteiger partial charge < -0.3 is 10.2 Å². The molecule has 0 unspecified atom stereocenters. The molecule has 1 saturated heterocycles. The highest BCUT2D eigenvalue weighted by Crippen LogP contribution is 2.27. The van der Waals surface area contributed by atoms with E-state index >= 15 is 0 Å². The van der Waals surface area contributed by atoms with Gasteiger partial charge in [-0.2, -0.15) is 0 Å². The topological polar surface area (TPSA) is 69.7 Å². The van der Waals surface area contributed by atoms with E-state index in [1.165, 1.54) is 25.0 Å². The van der Waals surface area contributed by atoms with Crippen LogP contribution in [0.2, 0.25) is 0 Å². The van der Waals surface area contributed by atoms with Crippen LogP contribution in [0, 0.1) is 5.82 Å². The molecule has 2 amide bonds. The maximum absolute atomic E-state index is 12.8. The van der Waals surface area contributed by atoms with Crippen molar-refractivity contribution in [1.82, 2.24) is 15.1 Å². The Morgan fingerprint density at radius 3 is 2.25 bits per heavy atom. The third-order valence-corrected chi connectivity index (χ3v) is 4.44. The van der Waals surface area contributed by atoms with Crippen LogP contribution in [0.15, 0.2) is 24.3 Å². The van der Waals surface area contributed by atoms with E-state index in [1.54, 1.807) is 4.90 Å². The van der Waals surface area contributed by atoms with Crippen LogP contribution < -0.4 is 5.32 Å². The molecule has 0 radical (unpaired) electrons. The van der Waals surface area contributed by atoms with Crippen molar-refractivity contribution >= 4 is 17.6 Å². The second-order valence-corrected chi connectivity index (χ2v) is 6.17. The molecule has 1 aliphatic carbocycles. The van der Waals surface area contributed by atoms with Gasteiger partial charge in [0.15, 0.2) is 0 Å². The minimum atomic E-state index is -0.855. The van der Waals surface area contributed by atoms with Gasteiger partial charge in [-0.25, -0.2) is 4.39 Å². The Labute approximate surface area is 139 Å². The van der Waals surface area contributed by atoms with Crippen LogP contribution in [-0.4, -0.2) is 66.2 Å². The van der Waals surface area contributed by atoms with Gasteiger partial charge in [-0.3, -0.25) is 19.3 Å². The third kappa shape index (κ3) is 3.97. The predicted octanol–water partition coefficient (Wildman–Crippen LogP) is 0.431. The third-order valence-electron chi connectivity index (χ3n) is 4.44. The highest BCUT2D eigenvalue weighted by Gasteiger charge is 2.32. The summed E-state index contributed by atoms with van der Waals surface area (Å²) in [5, 5.41) is 2.35. The van der Waals surface area contributed by atoms with E-state index in [0.717, 1.165) is 25.2 Å².